The maximum absolute atomic E-state index is 2.40. The van der Waals surface area contributed by atoms with E-state index in [2.05, 4.69) is 132 Å². The zero-order chi connectivity index (χ0) is 24.2. The average molecular weight is 465 g/mol. The van der Waals surface area contributed by atoms with E-state index in [1.807, 2.05) is 0 Å². The van der Waals surface area contributed by atoms with Gasteiger partial charge in [0, 0.05) is 32.9 Å². The summed E-state index contributed by atoms with van der Waals surface area (Å²) in [5.74, 6) is 0. The smallest absolute Gasteiger partial charge is 0.0541 e. The molecule has 0 unspecified atom stereocenters. The summed E-state index contributed by atoms with van der Waals surface area (Å²) in [5, 5.41) is 5.26. The first kappa shape index (κ1) is 21.0. The quantitative estimate of drug-likeness (QED) is 0.246. The van der Waals surface area contributed by atoms with E-state index in [1.165, 1.54) is 66.1 Å². The van der Waals surface area contributed by atoms with Gasteiger partial charge in [-0.1, -0.05) is 62.4 Å². The predicted molar refractivity (Wildman–Crippen MR) is 154 cm³/mol. The third-order valence-electron chi connectivity index (χ3n) is 7.66. The number of rotatable bonds is 4. The van der Waals surface area contributed by atoms with E-state index in [4.69, 9.17) is 0 Å². The Morgan fingerprint density at radius 3 is 1.22 bits per heavy atom. The fourth-order valence-corrected chi connectivity index (χ4v) is 5.79. The molecule has 2 nitrogen and oxygen atoms in total. The number of hydrogen-bond donors (Lipinski definition) is 0. The third kappa shape index (κ3) is 3.04. The molecule has 0 atom stereocenters. The number of nitrogens with zero attached hydrogens (tertiary/aromatic N) is 2. The SMILES string of the molecule is CCc1ccc2c(c1)c1ccccc1n2-c1ccc(-n2c3ccccc3c3cc(CC)ccc32)cc1. The third-order valence-corrected chi connectivity index (χ3v) is 7.66. The van der Waals surface area contributed by atoms with E-state index in [0.29, 0.717) is 0 Å². The monoisotopic (exact) mass is 464 g/mol. The molecule has 0 aliphatic rings. The average Bonchev–Trinajstić information content (AvgIpc) is 3.45. The molecule has 36 heavy (non-hydrogen) atoms. The summed E-state index contributed by atoms with van der Waals surface area (Å²) >= 11 is 0. The molecule has 0 saturated heterocycles. The Morgan fingerprint density at radius 1 is 0.417 bits per heavy atom. The number of aryl methyl sites for hydroxylation is 2. The van der Waals surface area contributed by atoms with E-state index < -0.39 is 0 Å². The minimum Gasteiger partial charge on any atom is -0.309 e. The van der Waals surface area contributed by atoms with Crippen molar-refractivity contribution in [1.82, 2.24) is 9.13 Å². The highest BCUT2D eigenvalue weighted by Gasteiger charge is 2.15. The summed E-state index contributed by atoms with van der Waals surface area (Å²) in [6, 6.07) is 40.3. The molecule has 0 aliphatic carbocycles. The maximum Gasteiger partial charge on any atom is 0.0541 e. The van der Waals surface area contributed by atoms with Gasteiger partial charge < -0.3 is 9.13 Å². The summed E-state index contributed by atoms with van der Waals surface area (Å²) in [6.45, 7) is 4.44. The van der Waals surface area contributed by atoms with Gasteiger partial charge in [-0.3, -0.25) is 0 Å². The maximum atomic E-state index is 2.40. The Balaban J connectivity index is 1.43. The second-order valence-corrected chi connectivity index (χ2v) is 9.63. The van der Waals surface area contributed by atoms with Crippen LogP contribution in [0.5, 0.6) is 0 Å². The molecule has 2 heterocycles. The van der Waals surface area contributed by atoms with Crippen molar-refractivity contribution in [3.8, 4) is 11.4 Å². The van der Waals surface area contributed by atoms with Gasteiger partial charge in [0.15, 0.2) is 0 Å². The van der Waals surface area contributed by atoms with Crippen molar-refractivity contribution in [3.05, 3.63) is 120 Å². The molecule has 7 aromatic rings. The molecule has 5 aromatic carbocycles. The van der Waals surface area contributed by atoms with Crippen LogP contribution in [0.2, 0.25) is 0 Å². The van der Waals surface area contributed by atoms with Gasteiger partial charge in [0.25, 0.3) is 0 Å². The summed E-state index contributed by atoms with van der Waals surface area (Å²) in [7, 11) is 0. The van der Waals surface area contributed by atoms with Gasteiger partial charge in [-0.05, 0) is 84.6 Å². The van der Waals surface area contributed by atoms with Crippen LogP contribution in [0.3, 0.4) is 0 Å². The van der Waals surface area contributed by atoms with Crippen LogP contribution in [0, 0.1) is 0 Å². The van der Waals surface area contributed by atoms with Gasteiger partial charge in [-0.15, -0.1) is 0 Å². The Morgan fingerprint density at radius 2 is 0.806 bits per heavy atom. The van der Waals surface area contributed by atoms with Crippen LogP contribution >= 0.6 is 0 Å². The van der Waals surface area contributed by atoms with Crippen molar-refractivity contribution in [2.24, 2.45) is 0 Å². The van der Waals surface area contributed by atoms with Crippen LogP contribution in [0.25, 0.3) is 55.0 Å². The summed E-state index contributed by atoms with van der Waals surface area (Å²) < 4.78 is 4.79. The fraction of sp³-hybridized carbons (Fsp3) is 0.118. The van der Waals surface area contributed by atoms with Crippen LogP contribution in [0.4, 0.5) is 0 Å². The molecule has 2 heteroatoms. The molecule has 0 fully saturated rings. The van der Waals surface area contributed by atoms with Gasteiger partial charge in [-0.2, -0.15) is 0 Å². The predicted octanol–water partition coefficient (Wildman–Crippen LogP) is 9.01. The van der Waals surface area contributed by atoms with E-state index in [9.17, 15) is 0 Å². The van der Waals surface area contributed by atoms with Crippen LogP contribution in [-0.2, 0) is 12.8 Å². The summed E-state index contributed by atoms with van der Waals surface area (Å²) in [4.78, 5) is 0. The normalized spacial score (nSPS) is 11.8. The summed E-state index contributed by atoms with van der Waals surface area (Å²) in [5.41, 5.74) is 10.1. The molecule has 7 rings (SSSR count). The van der Waals surface area contributed by atoms with Crippen molar-refractivity contribution in [2.45, 2.75) is 26.7 Å². The summed E-state index contributed by atoms with van der Waals surface area (Å²) in [6.07, 6.45) is 2.09. The topological polar surface area (TPSA) is 9.86 Å². The zero-order valence-corrected chi connectivity index (χ0v) is 20.7. The molecular formula is C34H28N2. The van der Waals surface area contributed by atoms with Gasteiger partial charge in [-0.25, -0.2) is 0 Å². The Bertz CT molecular complexity index is 1760. The molecule has 0 saturated carbocycles. The number of benzene rings is 5. The lowest BCUT2D eigenvalue weighted by Crippen LogP contribution is -1.97. The Hall–Kier alpha value is -4.30. The van der Waals surface area contributed by atoms with Crippen LogP contribution in [-0.4, -0.2) is 9.13 Å². The number of fused-ring (bicyclic) bond motifs is 6. The first-order valence-corrected chi connectivity index (χ1v) is 12.9. The van der Waals surface area contributed by atoms with Crippen molar-refractivity contribution in [3.63, 3.8) is 0 Å². The zero-order valence-electron chi connectivity index (χ0n) is 20.7. The number of para-hydroxylation sites is 2. The van der Waals surface area contributed by atoms with Crippen molar-refractivity contribution in [2.75, 3.05) is 0 Å². The molecule has 0 aliphatic heterocycles. The second-order valence-electron chi connectivity index (χ2n) is 9.63. The van der Waals surface area contributed by atoms with Crippen LogP contribution in [0.15, 0.2) is 109 Å². The molecule has 174 valence electrons. The molecular weight excluding hydrogens is 436 g/mol. The van der Waals surface area contributed by atoms with E-state index in [1.54, 1.807) is 0 Å². The Kier molecular flexibility index (Phi) is 4.75. The van der Waals surface area contributed by atoms with E-state index in [-0.39, 0.29) is 0 Å². The molecule has 0 amide bonds. The molecule has 0 radical (unpaired) electrons. The van der Waals surface area contributed by atoms with Crippen molar-refractivity contribution < 1.29 is 0 Å². The van der Waals surface area contributed by atoms with Crippen LogP contribution < -0.4 is 0 Å². The molecule has 0 bridgehead atoms. The van der Waals surface area contributed by atoms with Crippen molar-refractivity contribution >= 4 is 43.6 Å². The Labute approximate surface area is 211 Å². The minimum atomic E-state index is 1.04. The highest BCUT2D eigenvalue weighted by atomic mass is 15.0. The van der Waals surface area contributed by atoms with E-state index >= 15 is 0 Å². The minimum absolute atomic E-state index is 1.04. The molecule has 0 spiro atoms. The lowest BCUT2D eigenvalue weighted by atomic mass is 10.1. The lowest BCUT2D eigenvalue weighted by Gasteiger charge is -2.12. The largest absolute Gasteiger partial charge is 0.309 e. The van der Waals surface area contributed by atoms with Gasteiger partial charge in [0.05, 0.1) is 22.1 Å². The number of hydrogen-bond acceptors (Lipinski definition) is 0. The van der Waals surface area contributed by atoms with E-state index in [0.717, 1.165) is 12.8 Å². The first-order valence-electron chi connectivity index (χ1n) is 12.9. The van der Waals surface area contributed by atoms with Gasteiger partial charge in [0.1, 0.15) is 0 Å². The standard InChI is InChI=1S/C34H28N2/c1-3-23-13-19-33-29(21-23)27-9-5-7-11-31(27)35(33)25-15-17-26(18-16-25)36-32-12-8-6-10-28(32)30-22-24(4-2)14-20-34(30)36/h5-22H,3-4H2,1-2H3. The fourth-order valence-electron chi connectivity index (χ4n) is 5.79. The second kappa shape index (κ2) is 8.13. The lowest BCUT2D eigenvalue weighted by molar-refractivity contribution is 1.13. The highest BCUT2D eigenvalue weighted by Crippen LogP contribution is 2.35. The van der Waals surface area contributed by atoms with Gasteiger partial charge in [0.2, 0.25) is 0 Å². The van der Waals surface area contributed by atoms with Crippen LogP contribution in [0.1, 0.15) is 25.0 Å². The molecule has 0 N–H and O–H groups in total. The number of aromatic nitrogens is 2. The van der Waals surface area contributed by atoms with Gasteiger partial charge >= 0.3 is 0 Å². The molecule has 2 aromatic heterocycles. The highest BCUT2D eigenvalue weighted by molar-refractivity contribution is 6.10. The van der Waals surface area contributed by atoms with Crippen molar-refractivity contribution in [1.29, 1.82) is 0 Å². The first-order chi connectivity index (χ1) is 17.8.